The van der Waals surface area contributed by atoms with Gasteiger partial charge in [0, 0.05) is 5.41 Å². The first-order valence-electron chi connectivity index (χ1n) is 7.91. The van der Waals surface area contributed by atoms with Crippen molar-refractivity contribution in [1.82, 2.24) is 19.6 Å². The average Bonchev–Trinajstić information content (AvgIpc) is 2.55. The number of benzene rings is 1. The van der Waals surface area contributed by atoms with Crippen molar-refractivity contribution in [3.05, 3.63) is 45.9 Å². The molecule has 0 bridgehead atoms. The first-order valence-corrected chi connectivity index (χ1v) is 9.39. The first kappa shape index (κ1) is 20.4. The molecule has 2 amide bonds. The van der Waals surface area contributed by atoms with Gasteiger partial charge in [-0.25, -0.2) is 23.4 Å². The Hall–Kier alpha value is -2.95. The van der Waals surface area contributed by atoms with Crippen LogP contribution in [0.25, 0.3) is 0 Å². The van der Waals surface area contributed by atoms with Gasteiger partial charge < -0.3 is 4.74 Å². The molecule has 0 aliphatic heterocycles. The van der Waals surface area contributed by atoms with Gasteiger partial charge in [-0.2, -0.15) is 4.68 Å². The second-order valence-electron chi connectivity index (χ2n) is 6.74. The van der Waals surface area contributed by atoms with E-state index >= 15 is 0 Å². The molecule has 1 heterocycles. The summed E-state index contributed by atoms with van der Waals surface area (Å²) in [6, 6.07) is 4.74. The summed E-state index contributed by atoms with van der Waals surface area (Å²) in [5.41, 5.74) is 1.34. The van der Waals surface area contributed by atoms with Crippen LogP contribution >= 0.6 is 0 Å². The number of hydrogen-bond acceptors (Lipinski definition) is 7. The average molecular weight is 395 g/mol. The number of rotatable bonds is 4. The van der Waals surface area contributed by atoms with Gasteiger partial charge >= 0.3 is 12.0 Å². The number of carbonyl (C=O) groups is 1. The van der Waals surface area contributed by atoms with E-state index < -0.39 is 27.0 Å². The predicted molar refractivity (Wildman–Crippen MR) is 97.8 cm³/mol. The van der Waals surface area contributed by atoms with Gasteiger partial charge in [-0.15, -0.1) is 5.10 Å². The van der Waals surface area contributed by atoms with Crippen LogP contribution in [-0.4, -0.2) is 36.4 Å². The molecule has 2 N–H and O–H groups in total. The molecule has 0 aliphatic carbocycles. The Bertz CT molecular complexity index is 1020. The Kier molecular flexibility index (Phi) is 5.54. The minimum atomic E-state index is -4.14. The number of amides is 2. The van der Waals surface area contributed by atoms with Crippen molar-refractivity contribution >= 4 is 16.1 Å². The van der Waals surface area contributed by atoms with Crippen molar-refractivity contribution in [3.8, 4) is 6.01 Å². The van der Waals surface area contributed by atoms with E-state index in [0.717, 1.165) is 0 Å². The van der Waals surface area contributed by atoms with Gasteiger partial charge in [0.15, 0.2) is 0 Å². The number of aryl methyl sites for hydroxylation is 1. The molecule has 0 spiro atoms. The zero-order valence-electron chi connectivity index (χ0n) is 15.6. The molecule has 2 rings (SSSR count). The molecule has 0 aliphatic rings. The summed E-state index contributed by atoms with van der Waals surface area (Å²) in [5, 5.41) is 7.57. The molecule has 0 saturated carbocycles. The number of aromatic nitrogens is 3. The minimum absolute atomic E-state index is 0.0531. The maximum Gasteiger partial charge on any atom is 0.348 e. The van der Waals surface area contributed by atoms with Gasteiger partial charge in [-0.1, -0.05) is 44.1 Å². The molecule has 27 heavy (non-hydrogen) atoms. The molecule has 0 radical (unpaired) electrons. The maximum absolute atomic E-state index is 12.6. The lowest BCUT2D eigenvalue weighted by molar-refractivity contribution is 0.252. The van der Waals surface area contributed by atoms with Crippen molar-refractivity contribution in [2.75, 3.05) is 12.5 Å². The summed E-state index contributed by atoms with van der Waals surface area (Å²) in [6.45, 7) is 6.84. The van der Waals surface area contributed by atoms with Crippen LogP contribution in [0.15, 0.2) is 34.0 Å². The summed E-state index contributed by atoms with van der Waals surface area (Å²) < 4.78 is 32.3. The van der Waals surface area contributed by atoms with Gasteiger partial charge in [0.2, 0.25) is 0 Å². The summed E-state index contributed by atoms with van der Waals surface area (Å²) >= 11 is 0. The van der Waals surface area contributed by atoms with E-state index in [1.807, 2.05) is 4.72 Å². The van der Waals surface area contributed by atoms with Gasteiger partial charge in [0.1, 0.15) is 5.69 Å². The number of nitrogens with zero attached hydrogens (tertiary/aromatic N) is 3. The Morgan fingerprint density at radius 3 is 2.37 bits per heavy atom. The van der Waals surface area contributed by atoms with Crippen LogP contribution in [0.4, 0.5) is 4.79 Å². The monoisotopic (exact) mass is 395 g/mol. The van der Waals surface area contributed by atoms with Gasteiger partial charge in [-0.3, -0.25) is 4.79 Å². The second-order valence-corrected chi connectivity index (χ2v) is 8.39. The molecule has 2 aromatic rings. The molecule has 0 saturated heterocycles. The highest BCUT2D eigenvalue weighted by molar-refractivity contribution is 7.90. The van der Waals surface area contributed by atoms with E-state index in [4.69, 9.17) is 4.74 Å². The third-order valence-electron chi connectivity index (χ3n) is 3.55. The number of urea groups is 1. The molecular formula is C16H21N5O5S. The Balaban J connectivity index is 2.36. The molecule has 0 atom stereocenters. The molecule has 0 unspecified atom stereocenters. The minimum Gasteiger partial charge on any atom is -0.466 e. The third-order valence-corrected chi connectivity index (χ3v) is 5.04. The number of carbonyl (C=O) groups excluding carboxylic acids is 1. The van der Waals surface area contributed by atoms with Crippen LogP contribution in [0.1, 0.15) is 32.0 Å². The highest BCUT2D eigenvalue weighted by atomic mass is 32.2. The van der Waals surface area contributed by atoms with E-state index in [-0.39, 0.29) is 16.6 Å². The highest BCUT2D eigenvalue weighted by Crippen LogP contribution is 2.16. The second kappa shape index (κ2) is 7.35. The Morgan fingerprint density at radius 1 is 1.19 bits per heavy atom. The van der Waals surface area contributed by atoms with Crippen LogP contribution in [0.3, 0.4) is 0 Å². The van der Waals surface area contributed by atoms with Crippen molar-refractivity contribution in [2.24, 2.45) is 0 Å². The maximum atomic E-state index is 12.6. The van der Waals surface area contributed by atoms with Crippen LogP contribution in [-0.2, 0) is 15.4 Å². The normalized spacial score (nSPS) is 11.7. The SMILES string of the molecule is COc1nnc(C(C)(C)C)c(=O)n1NC(=O)NS(=O)(=O)c1ccccc1C. The number of ether oxygens (including phenoxy) is 1. The molecule has 0 fully saturated rings. The topological polar surface area (TPSA) is 132 Å². The lowest BCUT2D eigenvalue weighted by Gasteiger charge is -2.19. The lowest BCUT2D eigenvalue weighted by Crippen LogP contribution is -2.45. The number of sulfonamides is 1. The molecule has 11 heteroatoms. The third kappa shape index (κ3) is 4.42. The van der Waals surface area contributed by atoms with E-state index in [1.165, 1.54) is 19.2 Å². The fourth-order valence-electron chi connectivity index (χ4n) is 2.23. The zero-order chi connectivity index (χ0) is 20.4. The van der Waals surface area contributed by atoms with Crippen molar-refractivity contribution in [1.29, 1.82) is 0 Å². The fraction of sp³-hybridized carbons (Fsp3) is 0.375. The standard InChI is InChI=1S/C16H21N5O5S/c1-10-8-6-7-9-11(10)27(24,25)20-14(23)19-21-13(22)12(16(2,3)4)17-18-15(21)26-5/h6-9H,1-5H3,(H2,19,20,23). The predicted octanol–water partition coefficient (Wildman–Crippen LogP) is 0.895. The zero-order valence-corrected chi connectivity index (χ0v) is 16.4. The number of methoxy groups -OCH3 is 1. The molecule has 1 aromatic carbocycles. The Labute approximate surface area is 156 Å². The van der Waals surface area contributed by atoms with Gasteiger partial charge in [0.05, 0.1) is 12.0 Å². The molecule has 10 nitrogen and oxygen atoms in total. The van der Waals surface area contributed by atoms with E-state index in [9.17, 15) is 18.0 Å². The summed E-state index contributed by atoms with van der Waals surface area (Å²) in [6.07, 6.45) is 0. The fourth-order valence-corrected chi connectivity index (χ4v) is 3.38. The highest BCUT2D eigenvalue weighted by Gasteiger charge is 2.26. The summed E-state index contributed by atoms with van der Waals surface area (Å²) in [5.74, 6) is 0. The van der Waals surface area contributed by atoms with E-state index in [0.29, 0.717) is 10.2 Å². The largest absolute Gasteiger partial charge is 0.466 e. The van der Waals surface area contributed by atoms with E-state index in [2.05, 4.69) is 15.6 Å². The first-order chi connectivity index (χ1) is 12.5. The van der Waals surface area contributed by atoms with E-state index in [1.54, 1.807) is 39.8 Å². The summed E-state index contributed by atoms with van der Waals surface area (Å²) in [4.78, 5) is 24.8. The quantitative estimate of drug-likeness (QED) is 0.786. The lowest BCUT2D eigenvalue weighted by atomic mass is 9.93. The van der Waals surface area contributed by atoms with Crippen LogP contribution < -0.4 is 20.4 Å². The van der Waals surface area contributed by atoms with Crippen LogP contribution in [0, 0.1) is 6.92 Å². The molecule has 1 aromatic heterocycles. The van der Waals surface area contributed by atoms with Gasteiger partial charge in [0.25, 0.3) is 15.6 Å². The van der Waals surface area contributed by atoms with Crippen molar-refractivity contribution < 1.29 is 17.9 Å². The van der Waals surface area contributed by atoms with Crippen molar-refractivity contribution in [3.63, 3.8) is 0 Å². The molecular weight excluding hydrogens is 374 g/mol. The molecule has 146 valence electrons. The Morgan fingerprint density at radius 2 is 1.81 bits per heavy atom. The number of hydrogen-bond donors (Lipinski definition) is 2. The smallest absolute Gasteiger partial charge is 0.348 e. The summed E-state index contributed by atoms with van der Waals surface area (Å²) in [7, 11) is -2.90. The van der Waals surface area contributed by atoms with Crippen molar-refractivity contribution in [2.45, 2.75) is 38.0 Å². The number of nitrogens with one attached hydrogen (secondary N) is 2. The van der Waals surface area contributed by atoms with Crippen LogP contribution in [0.2, 0.25) is 0 Å². The van der Waals surface area contributed by atoms with Crippen LogP contribution in [0.5, 0.6) is 6.01 Å². The van der Waals surface area contributed by atoms with Gasteiger partial charge in [-0.05, 0) is 18.6 Å².